The number of carboxylic acids is 1. The van der Waals surface area contributed by atoms with Gasteiger partial charge in [0.2, 0.25) is 17.2 Å². The molecule has 1 aliphatic heterocycles. The van der Waals surface area contributed by atoms with Crippen molar-refractivity contribution in [1.29, 1.82) is 0 Å². The van der Waals surface area contributed by atoms with E-state index in [2.05, 4.69) is 0 Å². The average molecular weight is 550 g/mol. The molecule has 1 saturated carbocycles. The molecule has 2 aromatic rings. The zero-order valence-electron chi connectivity index (χ0n) is 21.7. The summed E-state index contributed by atoms with van der Waals surface area (Å²) in [5, 5.41) is 9.21. The molecule has 9 heteroatoms. The molecule has 0 radical (unpaired) electrons. The summed E-state index contributed by atoms with van der Waals surface area (Å²) >= 11 is 0. The van der Waals surface area contributed by atoms with E-state index in [0.717, 1.165) is 11.1 Å². The van der Waals surface area contributed by atoms with Gasteiger partial charge in [-0.15, -0.1) is 0 Å². The Labute approximate surface area is 224 Å². The van der Waals surface area contributed by atoms with E-state index in [4.69, 9.17) is 0 Å². The van der Waals surface area contributed by atoms with Crippen LogP contribution in [0.15, 0.2) is 48.5 Å². The van der Waals surface area contributed by atoms with Crippen molar-refractivity contribution in [2.24, 2.45) is 5.92 Å². The first-order valence-corrected chi connectivity index (χ1v) is 13.4. The van der Waals surface area contributed by atoms with Crippen molar-refractivity contribution in [3.63, 3.8) is 0 Å². The number of aliphatic carboxylic acids is 1. The summed E-state index contributed by atoms with van der Waals surface area (Å²) in [7, 11) is 0. The van der Waals surface area contributed by atoms with Crippen molar-refractivity contribution >= 4 is 11.9 Å². The van der Waals surface area contributed by atoms with Gasteiger partial charge in [-0.05, 0) is 80.5 Å². The number of carboxylic acid groups (broad SMARTS) is 1. The zero-order chi connectivity index (χ0) is 28.2. The molecule has 3 aliphatic rings. The second-order valence-electron chi connectivity index (χ2n) is 11.6. The van der Waals surface area contributed by atoms with Gasteiger partial charge in [0.1, 0.15) is 0 Å². The van der Waals surface area contributed by atoms with E-state index >= 15 is 0 Å². The predicted molar refractivity (Wildman–Crippen MR) is 135 cm³/mol. The van der Waals surface area contributed by atoms with Crippen LogP contribution < -0.4 is 0 Å². The number of carbonyl (C=O) groups is 2. The third-order valence-corrected chi connectivity index (χ3v) is 9.37. The number of aryl methyl sites for hydroxylation is 1. The molecule has 1 N–H and O–H groups in total. The van der Waals surface area contributed by atoms with Gasteiger partial charge in [-0.25, -0.2) is 13.6 Å². The van der Waals surface area contributed by atoms with Crippen LogP contribution in [0.4, 0.5) is 22.0 Å². The molecule has 2 aliphatic carbocycles. The van der Waals surface area contributed by atoms with Gasteiger partial charge in [0.25, 0.3) is 0 Å². The number of amides is 1. The number of hydrogen-bond acceptors (Lipinski definition) is 2. The molecular weight excluding hydrogens is 517 g/mol. The lowest BCUT2D eigenvalue weighted by Crippen LogP contribution is -2.51. The molecule has 39 heavy (non-hydrogen) atoms. The van der Waals surface area contributed by atoms with E-state index in [1.54, 1.807) is 6.07 Å². The molecule has 1 amide bonds. The summed E-state index contributed by atoms with van der Waals surface area (Å²) in [5.41, 5.74) is -4.23. The number of carbonyl (C=O) groups excluding carboxylic acids is 1. The lowest BCUT2D eigenvalue weighted by atomic mass is 9.63. The van der Waals surface area contributed by atoms with E-state index in [1.807, 2.05) is 35.2 Å². The van der Waals surface area contributed by atoms with Crippen LogP contribution in [0.1, 0.15) is 67.7 Å². The molecule has 0 bridgehead atoms. The number of nitrogens with zero attached hydrogens (tertiary/aromatic N) is 1. The van der Waals surface area contributed by atoms with Gasteiger partial charge in [0.05, 0.1) is 0 Å². The van der Waals surface area contributed by atoms with Crippen molar-refractivity contribution in [3.8, 4) is 0 Å². The van der Waals surface area contributed by atoms with Crippen LogP contribution in [0.5, 0.6) is 0 Å². The summed E-state index contributed by atoms with van der Waals surface area (Å²) in [6.45, 7) is 0.980. The van der Waals surface area contributed by atoms with Gasteiger partial charge >= 0.3 is 12.1 Å². The summed E-state index contributed by atoms with van der Waals surface area (Å²) in [4.78, 5) is 26.9. The molecule has 210 valence electrons. The predicted octanol–water partition coefficient (Wildman–Crippen LogP) is 6.44. The van der Waals surface area contributed by atoms with Gasteiger partial charge in [-0.1, -0.05) is 48.5 Å². The highest BCUT2D eigenvalue weighted by molar-refractivity contribution is 5.82. The Kier molecular flexibility index (Phi) is 6.79. The summed E-state index contributed by atoms with van der Waals surface area (Å²) < 4.78 is 69.9. The fourth-order valence-electron chi connectivity index (χ4n) is 7.02. The molecule has 0 spiro atoms. The van der Waals surface area contributed by atoms with Crippen LogP contribution in [-0.4, -0.2) is 46.3 Å². The number of rotatable bonds is 5. The molecule has 5 rings (SSSR count). The standard InChI is InChI=1S/C30H32F5NO3/c1-27(31,30(33,34)35)22-8-9-23-21(17-22)7-10-24-28(23,18-19-5-3-2-4-6-19)15-16-36(24)25(37)20-11-13-29(32,14-12-20)26(38)39/h2-6,8-9,17,20,24H,7,10-16,18H2,1H3,(H,38,39)/t20?,24-,27?,28-,29?/m1/s1. The Morgan fingerprint density at radius 2 is 1.67 bits per heavy atom. The quantitative estimate of drug-likeness (QED) is 0.437. The zero-order valence-corrected chi connectivity index (χ0v) is 21.7. The van der Waals surface area contributed by atoms with Crippen molar-refractivity contribution in [2.45, 2.75) is 87.3 Å². The Bertz CT molecular complexity index is 1250. The Morgan fingerprint density at radius 1 is 1.00 bits per heavy atom. The molecule has 1 heterocycles. The lowest BCUT2D eigenvalue weighted by molar-refractivity contribution is -0.228. The number of hydrogen-bond donors (Lipinski definition) is 1. The molecule has 0 aromatic heterocycles. The van der Waals surface area contributed by atoms with E-state index in [-0.39, 0.29) is 37.6 Å². The van der Waals surface area contributed by atoms with Gasteiger partial charge in [-0.2, -0.15) is 13.2 Å². The fraction of sp³-hybridized carbons (Fsp3) is 0.533. The second-order valence-corrected chi connectivity index (χ2v) is 11.6. The van der Waals surface area contributed by atoms with Gasteiger partial charge in [-0.3, -0.25) is 4.79 Å². The molecular formula is C30H32F5NO3. The number of fused-ring (bicyclic) bond motifs is 3. The van der Waals surface area contributed by atoms with Crippen molar-refractivity contribution in [1.82, 2.24) is 4.90 Å². The van der Waals surface area contributed by atoms with Crippen LogP contribution in [0.3, 0.4) is 0 Å². The van der Waals surface area contributed by atoms with Crippen LogP contribution in [0, 0.1) is 5.92 Å². The normalized spacial score (nSPS) is 30.3. The maximum Gasteiger partial charge on any atom is 0.426 e. The lowest BCUT2D eigenvalue weighted by Gasteiger charge is -2.45. The molecule has 2 fully saturated rings. The summed E-state index contributed by atoms with van der Waals surface area (Å²) in [5.74, 6) is -2.07. The Morgan fingerprint density at radius 3 is 2.28 bits per heavy atom. The summed E-state index contributed by atoms with van der Waals surface area (Å²) in [6, 6.07) is 13.6. The average Bonchev–Trinajstić information content (AvgIpc) is 3.27. The number of alkyl halides is 5. The highest BCUT2D eigenvalue weighted by Gasteiger charge is 2.56. The van der Waals surface area contributed by atoms with Crippen molar-refractivity contribution < 1.29 is 36.6 Å². The van der Waals surface area contributed by atoms with E-state index in [0.29, 0.717) is 44.7 Å². The first kappa shape index (κ1) is 27.6. The SMILES string of the molecule is CC(F)(c1ccc2c(c1)CC[C@H]1N(C(=O)C3CCC(F)(C(=O)O)CC3)CC[C@@]21Cc1ccccc1)C(F)(F)F. The van der Waals surface area contributed by atoms with Crippen molar-refractivity contribution in [2.75, 3.05) is 6.54 Å². The third kappa shape index (κ3) is 4.61. The summed E-state index contributed by atoms with van der Waals surface area (Å²) in [6.07, 6.45) is -3.08. The first-order chi connectivity index (χ1) is 18.3. The smallest absolute Gasteiger partial charge is 0.426 e. The van der Waals surface area contributed by atoms with Gasteiger partial charge in [0, 0.05) is 23.9 Å². The van der Waals surface area contributed by atoms with E-state index in [1.165, 1.54) is 12.1 Å². The van der Waals surface area contributed by atoms with Gasteiger partial charge in [0.15, 0.2) is 0 Å². The number of benzene rings is 2. The number of likely N-dealkylation sites (tertiary alicyclic amines) is 1. The second kappa shape index (κ2) is 9.59. The number of halogens is 5. The topological polar surface area (TPSA) is 57.6 Å². The molecule has 3 atom stereocenters. The monoisotopic (exact) mass is 549 g/mol. The van der Waals surface area contributed by atoms with Crippen LogP contribution in [0.2, 0.25) is 0 Å². The molecule has 1 saturated heterocycles. The minimum absolute atomic E-state index is 0.115. The van der Waals surface area contributed by atoms with Gasteiger partial charge < -0.3 is 10.0 Å². The van der Waals surface area contributed by atoms with E-state index in [9.17, 15) is 36.6 Å². The highest BCUT2D eigenvalue weighted by atomic mass is 19.4. The molecule has 1 unspecified atom stereocenters. The van der Waals surface area contributed by atoms with Crippen LogP contribution in [0.25, 0.3) is 0 Å². The maximum absolute atomic E-state index is 14.8. The minimum Gasteiger partial charge on any atom is -0.479 e. The first-order valence-electron chi connectivity index (χ1n) is 13.4. The Balaban J connectivity index is 1.48. The fourth-order valence-corrected chi connectivity index (χ4v) is 7.02. The largest absolute Gasteiger partial charge is 0.479 e. The van der Waals surface area contributed by atoms with Crippen LogP contribution in [-0.2, 0) is 33.5 Å². The third-order valence-electron chi connectivity index (χ3n) is 9.37. The van der Waals surface area contributed by atoms with E-state index < -0.39 is 40.4 Å². The molecule has 2 aromatic carbocycles. The molecule has 4 nitrogen and oxygen atoms in total. The van der Waals surface area contributed by atoms with Crippen molar-refractivity contribution in [3.05, 3.63) is 70.8 Å². The minimum atomic E-state index is -5.05. The van der Waals surface area contributed by atoms with Crippen LogP contribution >= 0.6 is 0 Å². The Hall–Kier alpha value is -2.97. The highest BCUT2D eigenvalue weighted by Crippen LogP contribution is 2.51. The maximum atomic E-state index is 14.8.